The summed E-state index contributed by atoms with van der Waals surface area (Å²) < 4.78 is 21.0. The first-order valence-electron chi connectivity index (χ1n) is 8.40. The third-order valence-electron chi connectivity index (χ3n) is 4.35. The summed E-state index contributed by atoms with van der Waals surface area (Å²) in [6.45, 7) is 2.26. The second-order valence-electron chi connectivity index (χ2n) is 6.15. The number of para-hydroxylation sites is 1. The molecule has 0 radical (unpaired) electrons. The van der Waals surface area contributed by atoms with Crippen LogP contribution in [0.1, 0.15) is 24.1 Å². The standard InChI is InChI=1S/C20H18FN3O2/c1-14-20(24-11-10-22-13-24)19(17-4-2-3-5-18(17)26-14)23-25-12-15-6-8-16(21)9-7-15/h2-11,13-14,20H,12H2,1H3/b23-19+/t14-,20-/m0/s1. The zero-order valence-electron chi connectivity index (χ0n) is 14.2. The van der Waals surface area contributed by atoms with Gasteiger partial charge < -0.3 is 14.1 Å². The van der Waals surface area contributed by atoms with Gasteiger partial charge in [-0.1, -0.05) is 29.4 Å². The molecule has 6 heteroatoms. The molecule has 0 aliphatic carbocycles. The topological polar surface area (TPSA) is 48.6 Å². The van der Waals surface area contributed by atoms with Gasteiger partial charge in [0.2, 0.25) is 0 Å². The molecule has 26 heavy (non-hydrogen) atoms. The van der Waals surface area contributed by atoms with E-state index in [0.717, 1.165) is 22.6 Å². The third-order valence-corrected chi connectivity index (χ3v) is 4.35. The number of hydrogen-bond acceptors (Lipinski definition) is 4. The van der Waals surface area contributed by atoms with Crippen molar-refractivity contribution in [2.24, 2.45) is 5.16 Å². The van der Waals surface area contributed by atoms with Crippen LogP contribution in [0.2, 0.25) is 0 Å². The van der Waals surface area contributed by atoms with E-state index in [4.69, 9.17) is 9.57 Å². The first-order chi connectivity index (χ1) is 12.7. The van der Waals surface area contributed by atoms with E-state index in [1.54, 1.807) is 24.7 Å². The fraction of sp³-hybridized carbons (Fsp3) is 0.200. The van der Waals surface area contributed by atoms with Crippen molar-refractivity contribution >= 4 is 5.71 Å². The lowest BCUT2D eigenvalue weighted by atomic mass is 9.95. The van der Waals surface area contributed by atoms with E-state index in [1.165, 1.54) is 12.1 Å². The van der Waals surface area contributed by atoms with Crippen molar-refractivity contribution in [3.63, 3.8) is 0 Å². The lowest BCUT2D eigenvalue weighted by Crippen LogP contribution is -2.37. The van der Waals surface area contributed by atoms with Crippen LogP contribution in [-0.2, 0) is 11.4 Å². The van der Waals surface area contributed by atoms with Crippen molar-refractivity contribution < 1.29 is 14.0 Å². The Balaban J connectivity index is 1.65. The van der Waals surface area contributed by atoms with E-state index >= 15 is 0 Å². The molecule has 0 unspecified atom stereocenters. The highest BCUT2D eigenvalue weighted by molar-refractivity contribution is 6.06. The SMILES string of the molecule is C[C@@H]1Oc2ccccc2/C(=N\OCc2ccc(F)cc2)[C@H]1n1ccnc1. The molecule has 0 N–H and O–H groups in total. The Morgan fingerprint density at radius 2 is 2.00 bits per heavy atom. The van der Waals surface area contributed by atoms with Crippen LogP contribution in [0.4, 0.5) is 4.39 Å². The summed E-state index contributed by atoms with van der Waals surface area (Å²) in [5.41, 5.74) is 2.52. The quantitative estimate of drug-likeness (QED) is 0.669. The monoisotopic (exact) mass is 351 g/mol. The Bertz CT molecular complexity index is 907. The van der Waals surface area contributed by atoms with E-state index in [2.05, 4.69) is 10.1 Å². The van der Waals surface area contributed by atoms with E-state index in [1.807, 2.05) is 42.0 Å². The number of imidazole rings is 1. The average Bonchev–Trinajstić information content (AvgIpc) is 3.17. The Morgan fingerprint density at radius 1 is 1.19 bits per heavy atom. The number of halogens is 1. The van der Waals surface area contributed by atoms with Gasteiger partial charge in [0.15, 0.2) is 0 Å². The molecule has 0 bridgehead atoms. The van der Waals surface area contributed by atoms with Crippen molar-refractivity contribution in [2.45, 2.75) is 25.7 Å². The van der Waals surface area contributed by atoms with Gasteiger partial charge in [-0.3, -0.25) is 0 Å². The van der Waals surface area contributed by atoms with Gasteiger partial charge in [0.1, 0.15) is 36.0 Å². The molecule has 3 aromatic rings. The molecule has 132 valence electrons. The lowest BCUT2D eigenvalue weighted by molar-refractivity contribution is 0.122. The molecular formula is C20H18FN3O2. The maximum Gasteiger partial charge on any atom is 0.142 e. The summed E-state index contributed by atoms with van der Waals surface area (Å²) in [5.74, 6) is 0.507. The van der Waals surface area contributed by atoms with Gasteiger partial charge in [-0.15, -0.1) is 0 Å². The zero-order valence-corrected chi connectivity index (χ0v) is 14.2. The molecule has 2 atom stereocenters. The first-order valence-corrected chi connectivity index (χ1v) is 8.40. The smallest absolute Gasteiger partial charge is 0.142 e. The Hall–Kier alpha value is -3.15. The van der Waals surface area contributed by atoms with E-state index < -0.39 is 0 Å². The fourth-order valence-electron chi connectivity index (χ4n) is 3.11. The van der Waals surface area contributed by atoms with Crippen molar-refractivity contribution in [3.05, 3.63) is 84.2 Å². The molecule has 0 saturated carbocycles. The van der Waals surface area contributed by atoms with Crippen LogP contribution in [0.15, 0.2) is 72.4 Å². The molecule has 0 saturated heterocycles. The van der Waals surface area contributed by atoms with Gasteiger partial charge in [0, 0.05) is 18.0 Å². The molecule has 5 nitrogen and oxygen atoms in total. The van der Waals surface area contributed by atoms with Crippen LogP contribution in [0.25, 0.3) is 0 Å². The minimum Gasteiger partial charge on any atom is -0.487 e. The minimum absolute atomic E-state index is 0.132. The first kappa shape index (κ1) is 16.3. The third kappa shape index (κ3) is 3.18. The van der Waals surface area contributed by atoms with Gasteiger partial charge in [-0.25, -0.2) is 9.37 Å². The number of hydrogen-bond donors (Lipinski definition) is 0. The summed E-state index contributed by atoms with van der Waals surface area (Å²) in [5, 5.41) is 4.42. The number of fused-ring (bicyclic) bond motifs is 1. The van der Waals surface area contributed by atoms with Gasteiger partial charge in [0.05, 0.1) is 6.33 Å². The minimum atomic E-state index is -0.271. The van der Waals surface area contributed by atoms with Gasteiger partial charge in [-0.2, -0.15) is 0 Å². The summed E-state index contributed by atoms with van der Waals surface area (Å²) in [7, 11) is 0. The van der Waals surface area contributed by atoms with Crippen LogP contribution in [0.5, 0.6) is 5.75 Å². The second-order valence-corrected chi connectivity index (χ2v) is 6.15. The van der Waals surface area contributed by atoms with Crippen LogP contribution < -0.4 is 4.74 Å². The van der Waals surface area contributed by atoms with Crippen molar-refractivity contribution in [1.82, 2.24) is 9.55 Å². The summed E-state index contributed by atoms with van der Waals surface area (Å²) >= 11 is 0. The Labute approximate surface area is 150 Å². The predicted octanol–water partition coefficient (Wildman–Crippen LogP) is 3.97. The molecule has 1 aromatic heterocycles. The molecule has 2 aromatic carbocycles. The molecule has 2 heterocycles. The molecule has 0 spiro atoms. The molecule has 0 amide bonds. The van der Waals surface area contributed by atoms with Crippen molar-refractivity contribution in [3.8, 4) is 5.75 Å². The number of oxime groups is 1. The Morgan fingerprint density at radius 3 is 2.77 bits per heavy atom. The molecule has 4 rings (SSSR count). The van der Waals surface area contributed by atoms with E-state index in [9.17, 15) is 4.39 Å². The number of benzene rings is 2. The molecule has 0 fully saturated rings. The van der Waals surface area contributed by atoms with Crippen molar-refractivity contribution in [2.75, 3.05) is 0 Å². The summed E-state index contributed by atoms with van der Waals surface area (Å²) in [6.07, 6.45) is 5.22. The number of nitrogens with zero attached hydrogens (tertiary/aromatic N) is 3. The van der Waals surface area contributed by atoms with Gasteiger partial charge in [0.25, 0.3) is 0 Å². The number of rotatable bonds is 4. The highest BCUT2D eigenvalue weighted by Crippen LogP contribution is 2.34. The highest BCUT2D eigenvalue weighted by Gasteiger charge is 2.34. The average molecular weight is 351 g/mol. The predicted molar refractivity (Wildman–Crippen MR) is 95.5 cm³/mol. The normalized spacial score (nSPS) is 20.5. The molecule has 1 aliphatic rings. The maximum absolute atomic E-state index is 13.0. The maximum atomic E-state index is 13.0. The summed E-state index contributed by atoms with van der Waals surface area (Å²) in [6, 6.07) is 13.8. The van der Waals surface area contributed by atoms with Crippen molar-refractivity contribution in [1.29, 1.82) is 0 Å². The van der Waals surface area contributed by atoms with Gasteiger partial charge >= 0.3 is 0 Å². The highest BCUT2D eigenvalue weighted by atomic mass is 19.1. The van der Waals surface area contributed by atoms with Gasteiger partial charge in [-0.05, 0) is 36.8 Å². The lowest BCUT2D eigenvalue weighted by Gasteiger charge is -2.33. The molecular weight excluding hydrogens is 333 g/mol. The van der Waals surface area contributed by atoms with E-state index in [0.29, 0.717) is 0 Å². The van der Waals surface area contributed by atoms with Crippen LogP contribution in [0, 0.1) is 5.82 Å². The largest absolute Gasteiger partial charge is 0.487 e. The van der Waals surface area contributed by atoms with Crippen LogP contribution in [0.3, 0.4) is 0 Å². The summed E-state index contributed by atoms with van der Waals surface area (Å²) in [4.78, 5) is 9.74. The fourth-order valence-corrected chi connectivity index (χ4v) is 3.11. The number of ether oxygens (including phenoxy) is 1. The second kappa shape index (κ2) is 7.00. The molecule has 1 aliphatic heterocycles. The van der Waals surface area contributed by atoms with Crippen LogP contribution in [-0.4, -0.2) is 21.4 Å². The van der Waals surface area contributed by atoms with E-state index in [-0.39, 0.29) is 24.6 Å². The number of aromatic nitrogens is 2. The Kier molecular flexibility index (Phi) is 4.39. The zero-order chi connectivity index (χ0) is 17.9. The van der Waals surface area contributed by atoms with Crippen LogP contribution >= 0.6 is 0 Å².